The molecule has 1 heterocycles. The van der Waals surface area contributed by atoms with Crippen molar-refractivity contribution in [3.8, 4) is 0 Å². The van der Waals surface area contributed by atoms with Crippen molar-refractivity contribution in [1.82, 2.24) is 10.3 Å². The van der Waals surface area contributed by atoms with Crippen LogP contribution in [0, 0.1) is 5.92 Å². The Morgan fingerprint density at radius 2 is 2.11 bits per heavy atom. The number of thiazole rings is 1. The zero-order chi connectivity index (χ0) is 13.7. The molecule has 2 unspecified atom stereocenters. The molecule has 0 saturated carbocycles. The van der Waals surface area contributed by atoms with Crippen molar-refractivity contribution in [2.45, 2.75) is 26.3 Å². The largest absolute Gasteiger partial charge is 0.383 e. The van der Waals surface area contributed by atoms with Gasteiger partial charge in [-0.05, 0) is 25.0 Å². The van der Waals surface area contributed by atoms with Gasteiger partial charge in [0.05, 0.1) is 21.8 Å². The van der Waals surface area contributed by atoms with Crippen LogP contribution in [0.2, 0.25) is 0 Å². The Bertz CT molecular complexity index is 479. The Hall–Kier alpha value is -0.970. The van der Waals surface area contributed by atoms with Gasteiger partial charge >= 0.3 is 0 Å². The maximum atomic E-state index is 5.06. The number of benzene rings is 1. The third kappa shape index (κ3) is 4.00. The van der Waals surface area contributed by atoms with Crippen LogP contribution in [0.3, 0.4) is 0 Å². The molecular formula is C15H22N2OS. The maximum Gasteiger partial charge on any atom is 0.0941 e. The average Bonchev–Trinajstić information content (AvgIpc) is 2.80. The Morgan fingerprint density at radius 1 is 1.32 bits per heavy atom. The van der Waals surface area contributed by atoms with Crippen LogP contribution in [-0.2, 0) is 11.2 Å². The van der Waals surface area contributed by atoms with Gasteiger partial charge in [-0.2, -0.15) is 0 Å². The van der Waals surface area contributed by atoms with E-state index in [4.69, 9.17) is 9.72 Å². The van der Waals surface area contributed by atoms with Crippen molar-refractivity contribution >= 4 is 21.6 Å². The molecule has 0 amide bonds. The van der Waals surface area contributed by atoms with Crippen LogP contribution < -0.4 is 5.32 Å². The summed E-state index contributed by atoms with van der Waals surface area (Å²) in [7, 11) is 1.73. The molecule has 1 N–H and O–H groups in total. The molecule has 0 saturated heterocycles. The summed E-state index contributed by atoms with van der Waals surface area (Å²) in [6.45, 7) is 6.17. The number of aromatic nitrogens is 1. The molecule has 2 atom stereocenters. The number of methoxy groups -OCH3 is 1. The molecule has 4 heteroatoms. The topological polar surface area (TPSA) is 34.1 Å². The highest BCUT2D eigenvalue weighted by molar-refractivity contribution is 7.18. The van der Waals surface area contributed by atoms with E-state index >= 15 is 0 Å². The molecule has 19 heavy (non-hydrogen) atoms. The molecule has 0 aliphatic heterocycles. The third-order valence-corrected chi connectivity index (χ3v) is 4.52. The Labute approximate surface area is 119 Å². The molecule has 0 bridgehead atoms. The number of nitrogens with zero attached hydrogens (tertiary/aromatic N) is 1. The van der Waals surface area contributed by atoms with Gasteiger partial charge in [0.25, 0.3) is 0 Å². The summed E-state index contributed by atoms with van der Waals surface area (Å²) in [6.07, 6.45) is 1.03. The van der Waals surface area contributed by atoms with Crippen molar-refractivity contribution in [3.63, 3.8) is 0 Å². The normalized spacial score (nSPS) is 14.7. The molecule has 1 aromatic carbocycles. The van der Waals surface area contributed by atoms with Gasteiger partial charge in [0, 0.05) is 26.1 Å². The highest BCUT2D eigenvalue weighted by atomic mass is 32.1. The van der Waals surface area contributed by atoms with Crippen LogP contribution >= 0.6 is 11.3 Å². The molecule has 104 valence electrons. The Morgan fingerprint density at radius 3 is 2.84 bits per heavy atom. The summed E-state index contributed by atoms with van der Waals surface area (Å²) >= 11 is 1.81. The van der Waals surface area contributed by atoms with E-state index in [1.165, 1.54) is 9.71 Å². The van der Waals surface area contributed by atoms with E-state index < -0.39 is 0 Å². The second-order valence-corrected chi connectivity index (χ2v) is 6.11. The van der Waals surface area contributed by atoms with E-state index in [0.717, 1.165) is 25.1 Å². The van der Waals surface area contributed by atoms with Crippen molar-refractivity contribution < 1.29 is 4.74 Å². The average molecular weight is 278 g/mol. The molecule has 0 fully saturated rings. The fourth-order valence-electron chi connectivity index (χ4n) is 2.05. The zero-order valence-corrected chi connectivity index (χ0v) is 12.7. The molecule has 0 aliphatic rings. The number of hydrogen-bond acceptors (Lipinski definition) is 4. The fourth-order valence-corrected chi connectivity index (χ4v) is 3.16. The lowest BCUT2D eigenvalue weighted by Gasteiger charge is -2.20. The van der Waals surface area contributed by atoms with Gasteiger partial charge in [0.15, 0.2) is 0 Å². The minimum atomic E-state index is 0.474. The van der Waals surface area contributed by atoms with Crippen LogP contribution in [0.15, 0.2) is 24.3 Å². The highest BCUT2D eigenvalue weighted by Crippen LogP contribution is 2.24. The first-order valence-corrected chi connectivity index (χ1v) is 7.59. The van der Waals surface area contributed by atoms with Crippen molar-refractivity contribution in [2.24, 2.45) is 5.92 Å². The summed E-state index contributed by atoms with van der Waals surface area (Å²) in [5, 5.41) is 4.72. The van der Waals surface area contributed by atoms with E-state index in [2.05, 4.69) is 37.4 Å². The van der Waals surface area contributed by atoms with Gasteiger partial charge in [-0.3, -0.25) is 0 Å². The van der Waals surface area contributed by atoms with Crippen LogP contribution in [0.5, 0.6) is 0 Å². The van der Waals surface area contributed by atoms with E-state index in [9.17, 15) is 0 Å². The maximum absolute atomic E-state index is 5.06. The number of nitrogens with one attached hydrogen (secondary N) is 1. The van der Waals surface area contributed by atoms with Crippen molar-refractivity contribution in [1.29, 1.82) is 0 Å². The smallest absolute Gasteiger partial charge is 0.0941 e. The monoisotopic (exact) mass is 278 g/mol. The van der Waals surface area contributed by atoms with E-state index in [-0.39, 0.29) is 0 Å². The Balaban J connectivity index is 1.92. The lowest BCUT2D eigenvalue weighted by atomic mass is 10.0. The van der Waals surface area contributed by atoms with Gasteiger partial charge in [-0.1, -0.05) is 19.1 Å². The molecular weight excluding hydrogens is 256 g/mol. The second kappa shape index (κ2) is 6.98. The molecule has 3 nitrogen and oxygen atoms in total. The molecule has 2 rings (SSSR count). The molecule has 2 aromatic rings. The second-order valence-electron chi connectivity index (χ2n) is 4.99. The Kier molecular flexibility index (Phi) is 5.31. The predicted octanol–water partition coefficient (Wildman–Crippen LogP) is 3.10. The lowest BCUT2D eigenvalue weighted by Crippen LogP contribution is -2.35. The number of ether oxygens (including phenoxy) is 1. The summed E-state index contributed by atoms with van der Waals surface area (Å²) in [6, 6.07) is 8.82. The standard InChI is InChI=1S/C15H22N2OS/c1-11(12(2)16-8-9-18-3)10-15-17-13-6-4-5-7-14(13)19-15/h4-7,11-12,16H,8-10H2,1-3H3. The molecule has 0 spiro atoms. The minimum Gasteiger partial charge on any atom is -0.383 e. The van der Waals surface area contributed by atoms with E-state index in [1.807, 2.05) is 17.4 Å². The number of rotatable bonds is 7. The van der Waals surface area contributed by atoms with Crippen LogP contribution in [0.1, 0.15) is 18.9 Å². The number of para-hydroxylation sites is 1. The number of fused-ring (bicyclic) bond motifs is 1. The summed E-state index contributed by atoms with van der Waals surface area (Å²) in [5.74, 6) is 0.567. The summed E-state index contributed by atoms with van der Waals surface area (Å²) < 4.78 is 6.34. The molecule has 0 radical (unpaired) electrons. The predicted molar refractivity (Wildman–Crippen MR) is 81.8 cm³/mol. The third-order valence-electron chi connectivity index (χ3n) is 3.46. The molecule has 1 aromatic heterocycles. The summed E-state index contributed by atoms with van der Waals surface area (Å²) in [5.41, 5.74) is 1.12. The fraction of sp³-hybridized carbons (Fsp3) is 0.533. The van der Waals surface area contributed by atoms with Crippen LogP contribution in [0.25, 0.3) is 10.2 Å². The van der Waals surface area contributed by atoms with Crippen molar-refractivity contribution in [2.75, 3.05) is 20.3 Å². The zero-order valence-electron chi connectivity index (χ0n) is 11.8. The number of hydrogen-bond donors (Lipinski definition) is 1. The SMILES string of the molecule is COCCNC(C)C(C)Cc1nc2ccccc2s1. The van der Waals surface area contributed by atoms with E-state index in [1.54, 1.807) is 7.11 Å². The van der Waals surface area contributed by atoms with Gasteiger partial charge in [0.1, 0.15) is 0 Å². The summed E-state index contributed by atoms with van der Waals surface area (Å²) in [4.78, 5) is 4.70. The quantitative estimate of drug-likeness (QED) is 0.790. The van der Waals surface area contributed by atoms with Crippen LogP contribution in [-0.4, -0.2) is 31.3 Å². The van der Waals surface area contributed by atoms with Gasteiger partial charge in [-0.15, -0.1) is 11.3 Å². The van der Waals surface area contributed by atoms with E-state index in [0.29, 0.717) is 12.0 Å². The first-order valence-electron chi connectivity index (χ1n) is 6.77. The van der Waals surface area contributed by atoms with Gasteiger partial charge in [-0.25, -0.2) is 4.98 Å². The van der Waals surface area contributed by atoms with Gasteiger partial charge in [0.2, 0.25) is 0 Å². The minimum absolute atomic E-state index is 0.474. The molecule has 0 aliphatic carbocycles. The highest BCUT2D eigenvalue weighted by Gasteiger charge is 2.14. The first-order chi connectivity index (χ1) is 9.20. The van der Waals surface area contributed by atoms with Crippen LogP contribution in [0.4, 0.5) is 0 Å². The van der Waals surface area contributed by atoms with Crippen molar-refractivity contribution in [3.05, 3.63) is 29.3 Å². The van der Waals surface area contributed by atoms with Gasteiger partial charge < -0.3 is 10.1 Å². The lowest BCUT2D eigenvalue weighted by molar-refractivity contribution is 0.192. The first kappa shape index (κ1) is 14.4.